The molecule has 1 atom stereocenters. The van der Waals surface area contributed by atoms with E-state index in [9.17, 15) is 0 Å². The van der Waals surface area contributed by atoms with E-state index in [-0.39, 0.29) is 5.38 Å². The summed E-state index contributed by atoms with van der Waals surface area (Å²) in [7, 11) is 1.96. The summed E-state index contributed by atoms with van der Waals surface area (Å²) in [4.78, 5) is 9.08. The van der Waals surface area contributed by atoms with E-state index in [1.54, 1.807) is 11.3 Å². The van der Waals surface area contributed by atoms with Crippen LogP contribution in [-0.2, 0) is 26.4 Å². The zero-order valence-corrected chi connectivity index (χ0v) is 13.9. The number of aryl methyl sites for hydroxylation is 4. The van der Waals surface area contributed by atoms with Crippen LogP contribution < -0.4 is 0 Å². The highest BCUT2D eigenvalue weighted by Gasteiger charge is 2.20. The Labute approximate surface area is 132 Å². The summed E-state index contributed by atoms with van der Waals surface area (Å²) in [6.07, 6.45) is 3.59. The predicted octanol–water partition coefficient (Wildman–Crippen LogP) is 3.33. The van der Waals surface area contributed by atoms with Crippen LogP contribution in [0, 0.1) is 0 Å². The summed E-state index contributed by atoms with van der Waals surface area (Å²) < 4.78 is 4.09. The molecule has 0 N–H and O–H groups in total. The summed E-state index contributed by atoms with van der Waals surface area (Å²) in [5, 5.41) is 7.56. The van der Waals surface area contributed by atoms with E-state index in [2.05, 4.69) is 21.6 Å². The van der Waals surface area contributed by atoms with E-state index >= 15 is 0 Å². The van der Waals surface area contributed by atoms with Crippen molar-refractivity contribution in [3.8, 4) is 0 Å². The van der Waals surface area contributed by atoms with Crippen molar-refractivity contribution in [2.24, 2.45) is 7.05 Å². The Morgan fingerprint density at radius 1 is 1.43 bits per heavy atom. The molecule has 21 heavy (non-hydrogen) atoms. The molecule has 0 bridgehead atoms. The Balaban J connectivity index is 2.05. The van der Waals surface area contributed by atoms with Gasteiger partial charge in [-0.3, -0.25) is 4.68 Å². The van der Waals surface area contributed by atoms with Crippen LogP contribution in [0.15, 0.2) is 11.6 Å². The minimum atomic E-state index is -0.126. The minimum Gasteiger partial charge on any atom is -0.311 e. The molecule has 1 unspecified atom stereocenters. The van der Waals surface area contributed by atoms with Crippen LogP contribution in [-0.4, -0.2) is 24.3 Å². The standard InChI is InChI=1S/C14H18ClN5S/c1-4-10-12-14(19(3)18-10)20(13(17-12)9(2)15)7-5-11-16-6-8-21-11/h6,8-9H,4-5,7H2,1-3H3. The minimum absolute atomic E-state index is 0.126. The first-order valence-electron chi connectivity index (χ1n) is 7.06. The number of aromatic nitrogens is 5. The fraction of sp³-hybridized carbons (Fsp3) is 0.500. The maximum absolute atomic E-state index is 6.32. The van der Waals surface area contributed by atoms with Gasteiger partial charge >= 0.3 is 0 Å². The third-order valence-corrected chi connectivity index (χ3v) is 4.58. The fourth-order valence-electron chi connectivity index (χ4n) is 2.60. The highest BCUT2D eigenvalue weighted by Crippen LogP contribution is 2.27. The number of alkyl halides is 1. The fourth-order valence-corrected chi connectivity index (χ4v) is 3.38. The molecule has 112 valence electrons. The van der Waals surface area contributed by atoms with Gasteiger partial charge in [0, 0.05) is 31.6 Å². The third kappa shape index (κ3) is 2.58. The molecule has 0 amide bonds. The molecule has 0 aliphatic heterocycles. The maximum Gasteiger partial charge on any atom is 0.158 e. The van der Waals surface area contributed by atoms with Crippen molar-refractivity contribution in [3.63, 3.8) is 0 Å². The zero-order chi connectivity index (χ0) is 15.0. The van der Waals surface area contributed by atoms with Gasteiger partial charge in [-0.05, 0) is 13.3 Å². The highest BCUT2D eigenvalue weighted by molar-refractivity contribution is 7.09. The van der Waals surface area contributed by atoms with Crippen LogP contribution in [0.4, 0.5) is 0 Å². The van der Waals surface area contributed by atoms with Crippen molar-refractivity contribution in [2.45, 2.75) is 38.6 Å². The molecule has 0 fully saturated rings. The lowest BCUT2D eigenvalue weighted by Crippen LogP contribution is -2.10. The molecule has 0 radical (unpaired) electrons. The van der Waals surface area contributed by atoms with Crippen LogP contribution in [0.1, 0.15) is 35.8 Å². The molecule has 0 saturated carbocycles. The van der Waals surface area contributed by atoms with Crippen molar-refractivity contribution in [1.82, 2.24) is 24.3 Å². The summed E-state index contributed by atoms with van der Waals surface area (Å²) in [5.74, 6) is 0.908. The molecule has 3 heterocycles. The first-order chi connectivity index (χ1) is 10.1. The van der Waals surface area contributed by atoms with Crippen LogP contribution >= 0.6 is 22.9 Å². The first-order valence-corrected chi connectivity index (χ1v) is 8.37. The van der Waals surface area contributed by atoms with Gasteiger partial charge in [0.25, 0.3) is 0 Å². The molecular weight excluding hydrogens is 306 g/mol. The van der Waals surface area contributed by atoms with Gasteiger partial charge in [0.05, 0.1) is 16.1 Å². The molecule has 3 aromatic rings. The van der Waals surface area contributed by atoms with Crippen molar-refractivity contribution in [3.05, 3.63) is 28.1 Å². The van der Waals surface area contributed by atoms with E-state index in [1.807, 2.05) is 30.2 Å². The Morgan fingerprint density at radius 3 is 2.86 bits per heavy atom. The van der Waals surface area contributed by atoms with E-state index in [0.717, 1.165) is 47.1 Å². The van der Waals surface area contributed by atoms with Crippen molar-refractivity contribution in [2.75, 3.05) is 0 Å². The molecule has 7 heteroatoms. The Hall–Kier alpha value is -1.40. The Morgan fingerprint density at radius 2 is 2.24 bits per heavy atom. The molecule has 3 rings (SSSR count). The number of halogens is 1. The molecular formula is C14H18ClN5S. The van der Waals surface area contributed by atoms with Crippen LogP contribution in [0.2, 0.25) is 0 Å². The summed E-state index contributed by atoms with van der Waals surface area (Å²) in [6, 6.07) is 0. The Kier molecular flexibility index (Phi) is 3.99. The summed E-state index contributed by atoms with van der Waals surface area (Å²) in [5.41, 5.74) is 3.05. The first kappa shape index (κ1) is 14.5. The number of fused-ring (bicyclic) bond motifs is 1. The van der Waals surface area contributed by atoms with Crippen molar-refractivity contribution >= 4 is 34.1 Å². The maximum atomic E-state index is 6.32. The van der Waals surface area contributed by atoms with Crippen molar-refractivity contribution in [1.29, 1.82) is 0 Å². The number of nitrogens with zero attached hydrogens (tertiary/aromatic N) is 5. The number of imidazole rings is 1. The van der Waals surface area contributed by atoms with Gasteiger partial charge in [-0.2, -0.15) is 5.10 Å². The predicted molar refractivity (Wildman–Crippen MR) is 86.0 cm³/mol. The second-order valence-electron chi connectivity index (χ2n) is 5.01. The number of rotatable bonds is 5. The SMILES string of the molecule is CCc1nn(C)c2c1nc(C(C)Cl)n2CCc1nccs1. The topological polar surface area (TPSA) is 48.5 Å². The molecule has 0 aromatic carbocycles. The van der Waals surface area contributed by atoms with E-state index in [4.69, 9.17) is 16.6 Å². The summed E-state index contributed by atoms with van der Waals surface area (Å²) >= 11 is 8.00. The van der Waals surface area contributed by atoms with E-state index in [0.29, 0.717) is 0 Å². The molecule has 3 aromatic heterocycles. The molecule has 0 saturated heterocycles. The molecule has 0 aliphatic rings. The van der Waals surface area contributed by atoms with Crippen molar-refractivity contribution < 1.29 is 0 Å². The van der Waals surface area contributed by atoms with Crippen LogP contribution in [0.25, 0.3) is 11.2 Å². The average molecular weight is 324 g/mol. The smallest absolute Gasteiger partial charge is 0.158 e. The van der Waals surface area contributed by atoms with Gasteiger partial charge in [-0.15, -0.1) is 22.9 Å². The lowest BCUT2D eigenvalue weighted by atomic mass is 10.3. The van der Waals surface area contributed by atoms with E-state index < -0.39 is 0 Å². The lowest BCUT2D eigenvalue weighted by Gasteiger charge is -2.10. The lowest BCUT2D eigenvalue weighted by molar-refractivity contribution is 0.634. The largest absolute Gasteiger partial charge is 0.311 e. The number of hydrogen-bond donors (Lipinski definition) is 0. The quantitative estimate of drug-likeness (QED) is 0.677. The Bertz CT molecular complexity index is 741. The zero-order valence-electron chi connectivity index (χ0n) is 12.4. The van der Waals surface area contributed by atoms with Gasteiger partial charge in [0.15, 0.2) is 5.65 Å². The molecule has 0 spiro atoms. The monoisotopic (exact) mass is 323 g/mol. The van der Waals surface area contributed by atoms with Gasteiger partial charge < -0.3 is 4.57 Å². The highest BCUT2D eigenvalue weighted by atomic mass is 35.5. The molecule has 5 nitrogen and oxygen atoms in total. The number of hydrogen-bond acceptors (Lipinski definition) is 4. The average Bonchev–Trinajstić information content (AvgIpc) is 3.13. The second kappa shape index (κ2) is 5.77. The van der Waals surface area contributed by atoms with E-state index in [1.165, 1.54) is 0 Å². The summed E-state index contributed by atoms with van der Waals surface area (Å²) in [6.45, 7) is 4.88. The molecule has 0 aliphatic carbocycles. The third-order valence-electron chi connectivity index (χ3n) is 3.54. The van der Waals surface area contributed by atoms with Gasteiger partial charge in [0.2, 0.25) is 0 Å². The van der Waals surface area contributed by atoms with Gasteiger partial charge in [-0.25, -0.2) is 9.97 Å². The van der Waals surface area contributed by atoms with Crippen LogP contribution in [0.5, 0.6) is 0 Å². The second-order valence-corrected chi connectivity index (χ2v) is 6.64. The van der Waals surface area contributed by atoms with Gasteiger partial charge in [0.1, 0.15) is 11.3 Å². The normalized spacial score (nSPS) is 13.1. The van der Waals surface area contributed by atoms with Crippen LogP contribution in [0.3, 0.4) is 0 Å². The number of thiazole rings is 1. The van der Waals surface area contributed by atoms with Gasteiger partial charge in [-0.1, -0.05) is 6.92 Å².